The van der Waals surface area contributed by atoms with Gasteiger partial charge < -0.3 is 85.6 Å². The van der Waals surface area contributed by atoms with Crippen LogP contribution < -0.4 is 156 Å². The van der Waals surface area contributed by atoms with Crippen LogP contribution in [0.2, 0.25) is 0 Å². The van der Waals surface area contributed by atoms with Crippen molar-refractivity contribution in [3.63, 3.8) is 0 Å². The van der Waals surface area contributed by atoms with Gasteiger partial charge in [-0.2, -0.15) is 39.5 Å². The van der Waals surface area contributed by atoms with Crippen molar-refractivity contribution in [2.24, 2.45) is 5.92 Å². The number of alkyl halides is 9. The fourth-order valence-corrected chi connectivity index (χ4v) is 15.9. The minimum atomic E-state index is -4.61. The third-order valence-corrected chi connectivity index (χ3v) is 23.2. The van der Waals surface area contributed by atoms with E-state index in [1.165, 1.54) is 43.6 Å². The van der Waals surface area contributed by atoms with Crippen molar-refractivity contribution >= 4 is 50.4 Å². The minimum absolute atomic E-state index is 0. The second-order valence-electron chi connectivity index (χ2n) is 35.3. The van der Waals surface area contributed by atoms with Crippen molar-refractivity contribution in [2.75, 3.05) is 0 Å². The van der Waals surface area contributed by atoms with Gasteiger partial charge in [0.2, 0.25) is 0 Å². The van der Waals surface area contributed by atoms with Gasteiger partial charge >= 0.3 is 174 Å². The zero-order valence-corrected chi connectivity index (χ0v) is 89.9. The number of imidazole rings is 5. The van der Waals surface area contributed by atoms with Crippen molar-refractivity contribution in [3.8, 4) is 52.0 Å². The minimum Gasteiger partial charge on any atom is -1.00 e. The molecule has 0 N–H and O–H groups in total. The predicted octanol–water partition coefficient (Wildman–Crippen LogP) is -1.42. The first-order valence-corrected chi connectivity index (χ1v) is 44.1. The van der Waals surface area contributed by atoms with Gasteiger partial charge in [0, 0.05) is 110 Å². The Morgan fingerprint density at radius 3 is 1.29 bits per heavy atom. The van der Waals surface area contributed by atoms with Crippen molar-refractivity contribution in [1.29, 1.82) is 0 Å². The Hall–Kier alpha value is -9.56. The third-order valence-electron chi connectivity index (χ3n) is 23.2. The Morgan fingerprint density at radius 2 is 0.822 bits per heavy atom. The smallest absolute Gasteiger partial charge is 1.00 e. The molecule has 146 heavy (non-hydrogen) atoms. The molecule has 0 bridgehead atoms. The summed E-state index contributed by atoms with van der Waals surface area (Å²) in [6.45, 7) is 33.7. The number of rotatable bonds is 19. The van der Waals surface area contributed by atoms with E-state index in [1.807, 2.05) is 170 Å². The van der Waals surface area contributed by atoms with Crippen LogP contribution in [0, 0.1) is 90.2 Å². The molecule has 0 radical (unpaired) electrons. The van der Waals surface area contributed by atoms with E-state index in [0.717, 1.165) is 96.9 Å². The Morgan fingerprint density at radius 1 is 0.384 bits per heavy atom. The Labute approximate surface area is 960 Å². The monoisotopic (exact) mass is 2050 g/mol. The average Bonchev–Trinajstić information content (AvgIpc) is 1.56. The molecule has 3 aromatic carbocycles. The molecule has 0 aliphatic carbocycles. The molecule has 0 amide bonds. The van der Waals surface area contributed by atoms with Gasteiger partial charge in [-0.15, -0.1) is 47.9 Å². The first-order valence-electron chi connectivity index (χ1n) is 44.1. The molecule has 0 saturated heterocycles. The van der Waals surface area contributed by atoms with Crippen LogP contribution in [0.3, 0.4) is 0 Å². The van der Waals surface area contributed by atoms with E-state index in [-0.39, 0.29) is 202 Å². The zero-order valence-electron chi connectivity index (χ0n) is 86.4. The van der Waals surface area contributed by atoms with Gasteiger partial charge in [0.25, 0.3) is 0 Å². The molecule has 0 aliphatic rings. The van der Waals surface area contributed by atoms with Gasteiger partial charge in [-0.25, -0.2) is 0 Å². The number of para-hydroxylation sites is 1. The van der Waals surface area contributed by atoms with Gasteiger partial charge in [0.1, 0.15) is 5.82 Å². The Bertz CT molecular complexity index is 7470. The molecular weight excluding hydrogens is 1950 g/mol. The molecule has 0 fully saturated rings. The largest absolute Gasteiger partial charge is 2.00 e. The number of aryl methyl sites for hydroxylation is 6. The molecular formula is C105H96F9ILi7MgN23. The number of benzene rings is 3. The molecule has 0 unspecified atom stereocenters. The van der Waals surface area contributed by atoms with Crippen LogP contribution in [0.25, 0.3) is 79.3 Å². The molecule has 16 aromatic heterocycles. The quantitative estimate of drug-likeness (QED) is 0.0298. The summed E-state index contributed by atoms with van der Waals surface area (Å²) in [7, 11) is 0. The number of pyridine rings is 8. The molecule has 19 aromatic rings. The van der Waals surface area contributed by atoms with Crippen LogP contribution in [0.15, 0.2) is 231 Å². The van der Waals surface area contributed by atoms with Gasteiger partial charge in [-0.05, 0) is 162 Å². The summed E-state index contributed by atoms with van der Waals surface area (Å²) in [6.07, 6.45) is 14.3. The maximum Gasteiger partial charge on any atom is 2.00 e. The summed E-state index contributed by atoms with van der Waals surface area (Å²) < 4.78 is 131. The number of fused-ring (bicyclic) bond motifs is 6. The van der Waals surface area contributed by atoms with Gasteiger partial charge in [0.05, 0.1) is 46.1 Å². The van der Waals surface area contributed by atoms with Crippen LogP contribution in [-0.4, -0.2) is 135 Å². The van der Waals surface area contributed by atoms with E-state index in [2.05, 4.69) is 194 Å². The summed E-state index contributed by atoms with van der Waals surface area (Å²) in [5.41, 5.74) is 11.1. The SMILES string of the molecule is CC(C)CCc1c[c-]n(-c2ccccn2)n1.Cc1c[c-]n(-c2cccc(C(C)(C)c3cccc(-n4[c-]cc(C(F)(F)F)n4)n3)n2)n1.Cc1cccc(C)c1-c1cnc2c3[c-]cccc3c3ccccc3n12.Cc1n[c-]n(-c2cccc(C(C)(C)c3cccc(-n4[c-]nc(C(F)(F)F)c4C(C)C)n3)n2)c1C(C)C.Cc1nc[c-]n1-c1cccc(C(C)(C)c2cccc(-n3[c-]cnc3C(F)(F)F)n2)n1.[I-].[Li+].[Li+].[Li+].[Li+].[Li+].[Li+].[Li+].[Mg+2]. The standard InChI is InChI=1S/C27H29F3N6.C23H17N2.2C21H17F3N6.C13H16N3.HI.7Li.Mg/c1-16(2)23-18(5)31-14-35(23)21-12-8-10-19(33-21)26(6,7)20-11-9-13-22(34-20)36-15-32-25(27(28,29)30)24(36)17(3)4;1-15-8-7-9-16(2)22(15)21-14-24-23-19-12-4-3-10-17(19)18-11-5-6-13-20(18)25(21)23;1-14-25-10-12-29(14)17-8-4-6-15(27-17)20(2,3)16-7-5-9-18(28-16)30-13-11-26-19(30)21(22,23)24;1-14-10-12-29(27-14)18-8-4-6-15(25-18)20(2,3)16-7-5-9-19(26-16)30-13-11-17(28-30)21(22,23)24;1-11(2)6-7-12-8-10-16(15-12)13-5-3-4-9-14-13;;;;;;;;;/h8-13,16-17H,1-7H3;3-11,13-14H,1-2H3;2*4-11H,1-3H3;3-5,8-9,11H,6-7H2,1-2H3;1H;;;;;;;;/q-2;-1;2*-2;-1;;7*+1;+2/p-1. The molecule has 0 spiro atoms. The number of hydrogen-bond acceptors (Lipinski definition) is 15. The van der Waals surface area contributed by atoms with E-state index < -0.39 is 57.9 Å². The second-order valence-corrected chi connectivity index (χ2v) is 35.3. The van der Waals surface area contributed by atoms with Gasteiger partial charge in [-0.3, -0.25) is 50.2 Å². The second kappa shape index (κ2) is 52.7. The Kier molecular flexibility index (Phi) is 45.2. The van der Waals surface area contributed by atoms with Crippen molar-refractivity contribution in [2.45, 2.75) is 177 Å². The predicted molar refractivity (Wildman–Crippen MR) is 508 cm³/mol. The normalized spacial score (nSPS) is 11.4. The topological polar surface area (TPSA) is 232 Å². The number of aromatic nitrogens is 23. The molecule has 0 aliphatic heterocycles. The summed E-state index contributed by atoms with van der Waals surface area (Å²) >= 11 is 0. The maximum absolute atomic E-state index is 13.6. The number of halogens is 10. The van der Waals surface area contributed by atoms with Crippen LogP contribution in [0.1, 0.15) is 198 Å². The van der Waals surface area contributed by atoms with Crippen LogP contribution in [0.4, 0.5) is 39.5 Å². The third kappa shape index (κ3) is 28.2. The van der Waals surface area contributed by atoms with Crippen LogP contribution >= 0.6 is 0 Å². The zero-order chi connectivity index (χ0) is 97.8. The van der Waals surface area contributed by atoms with Gasteiger partial charge in [-0.1, -0.05) is 250 Å². The molecule has 0 saturated carbocycles. The molecule has 16 heterocycles. The average molecular weight is 2050 g/mol. The Balaban J connectivity index is 0.000000279. The van der Waals surface area contributed by atoms with Crippen LogP contribution in [0.5, 0.6) is 0 Å². The number of hydrogen-bond donors (Lipinski definition) is 0. The summed E-state index contributed by atoms with van der Waals surface area (Å²) in [6, 6.07) is 67.0. The summed E-state index contributed by atoms with van der Waals surface area (Å²) in [5.74, 6) is 3.61. The van der Waals surface area contributed by atoms with Crippen molar-refractivity contribution < 1.29 is 196 Å². The fraction of sp³-hybridized carbons (Fsp3) is 0.267. The van der Waals surface area contributed by atoms with Gasteiger partial charge in [0.15, 0.2) is 0 Å². The van der Waals surface area contributed by atoms with E-state index >= 15 is 0 Å². The van der Waals surface area contributed by atoms with E-state index in [0.29, 0.717) is 52.0 Å². The van der Waals surface area contributed by atoms with Crippen LogP contribution in [-0.2, 0) is 41.2 Å². The number of nitrogens with zero attached hydrogens (tertiary/aromatic N) is 23. The maximum atomic E-state index is 13.6. The van der Waals surface area contributed by atoms with E-state index in [4.69, 9.17) is 24.9 Å². The molecule has 41 heteroatoms. The fourth-order valence-electron chi connectivity index (χ4n) is 15.9. The van der Waals surface area contributed by atoms with E-state index in [1.54, 1.807) is 88.7 Å². The molecule has 23 nitrogen and oxygen atoms in total. The molecule has 19 rings (SSSR count). The molecule has 710 valence electrons. The van der Waals surface area contributed by atoms with E-state index in [9.17, 15) is 39.5 Å². The summed E-state index contributed by atoms with van der Waals surface area (Å²) in [5, 5.41) is 15.8. The summed E-state index contributed by atoms with van der Waals surface area (Å²) in [4.78, 5) is 52.5. The van der Waals surface area contributed by atoms with Crippen molar-refractivity contribution in [3.05, 3.63) is 378 Å². The first kappa shape index (κ1) is 125. The first-order chi connectivity index (χ1) is 65.1. The van der Waals surface area contributed by atoms with Crippen molar-refractivity contribution in [1.82, 2.24) is 112 Å². The molecule has 0 atom stereocenters.